The van der Waals surface area contributed by atoms with Crippen molar-refractivity contribution in [1.29, 1.82) is 0 Å². The Bertz CT molecular complexity index is 656. The Labute approximate surface area is 177 Å². The predicted octanol–water partition coefficient (Wildman–Crippen LogP) is 4.36. The molecule has 0 aliphatic heterocycles. The number of aryl methyl sites for hydroxylation is 2. The van der Waals surface area contributed by atoms with Crippen LogP contribution >= 0.6 is 35.7 Å². The third-order valence-corrected chi connectivity index (χ3v) is 4.87. The number of aliphatic imine (C=N–C) groups is 1. The first-order valence-electron chi connectivity index (χ1n) is 8.74. The zero-order chi connectivity index (χ0) is 18.1. The fourth-order valence-corrected chi connectivity index (χ4v) is 3.50. The van der Waals surface area contributed by atoms with Gasteiger partial charge in [0.1, 0.15) is 5.76 Å². The summed E-state index contributed by atoms with van der Waals surface area (Å²) in [5, 5.41) is 10.7. The van der Waals surface area contributed by atoms with Crippen molar-refractivity contribution in [1.82, 2.24) is 15.8 Å². The first-order valence-corrected chi connectivity index (χ1v) is 9.73. The van der Waals surface area contributed by atoms with Gasteiger partial charge in [-0.05, 0) is 32.9 Å². The summed E-state index contributed by atoms with van der Waals surface area (Å²) in [6.45, 7) is 10.6. The minimum absolute atomic E-state index is 0. The van der Waals surface area contributed by atoms with Crippen LogP contribution in [0, 0.1) is 13.8 Å². The summed E-state index contributed by atoms with van der Waals surface area (Å²) in [5.41, 5.74) is 2.12. The minimum Gasteiger partial charge on any atom is -0.361 e. The molecule has 7 heteroatoms. The molecule has 1 aromatic carbocycles. The Morgan fingerprint density at radius 2 is 1.96 bits per heavy atom. The van der Waals surface area contributed by atoms with Crippen molar-refractivity contribution < 1.29 is 4.52 Å². The Hall–Kier alpha value is -1.22. The van der Waals surface area contributed by atoms with Gasteiger partial charge in [-0.15, -0.1) is 35.7 Å². The summed E-state index contributed by atoms with van der Waals surface area (Å²) in [7, 11) is 0. The molecule has 0 saturated carbocycles. The molecule has 0 aliphatic carbocycles. The molecule has 0 aliphatic rings. The third-order valence-electron chi connectivity index (χ3n) is 3.86. The van der Waals surface area contributed by atoms with Gasteiger partial charge in [0.15, 0.2) is 5.96 Å². The summed E-state index contributed by atoms with van der Waals surface area (Å²) >= 11 is 1.84. The SMILES string of the molecule is CCNC(=NCC(C)c1c(C)noc1C)NCCSc1ccccc1.I. The van der Waals surface area contributed by atoms with Crippen LogP contribution < -0.4 is 10.6 Å². The standard InChI is InChI=1S/C19H28N4OS.HI/c1-5-20-19(21-11-12-25-17-9-7-6-8-10-17)22-13-14(2)18-15(3)23-24-16(18)4;/h6-10,14H,5,11-13H2,1-4H3,(H2,20,21,22);1H. The lowest BCUT2D eigenvalue weighted by Gasteiger charge is -2.13. The van der Waals surface area contributed by atoms with E-state index >= 15 is 0 Å². The van der Waals surface area contributed by atoms with Gasteiger partial charge < -0.3 is 15.2 Å². The van der Waals surface area contributed by atoms with Gasteiger partial charge in [0.25, 0.3) is 0 Å². The lowest BCUT2D eigenvalue weighted by atomic mass is 10.00. The van der Waals surface area contributed by atoms with Crippen molar-refractivity contribution in [2.75, 3.05) is 25.4 Å². The van der Waals surface area contributed by atoms with E-state index < -0.39 is 0 Å². The number of halogens is 1. The number of benzene rings is 1. The van der Waals surface area contributed by atoms with Gasteiger partial charge in [-0.25, -0.2) is 0 Å². The van der Waals surface area contributed by atoms with Crippen LogP contribution in [-0.4, -0.2) is 36.5 Å². The molecule has 0 fully saturated rings. The van der Waals surface area contributed by atoms with Gasteiger partial charge in [-0.3, -0.25) is 4.99 Å². The molecule has 1 unspecified atom stereocenters. The molecule has 1 atom stereocenters. The third kappa shape index (κ3) is 7.19. The van der Waals surface area contributed by atoms with E-state index in [1.54, 1.807) is 0 Å². The Morgan fingerprint density at radius 1 is 1.23 bits per heavy atom. The largest absolute Gasteiger partial charge is 0.361 e. The van der Waals surface area contributed by atoms with Crippen LogP contribution in [0.25, 0.3) is 0 Å². The molecule has 5 nitrogen and oxygen atoms in total. The molecule has 1 heterocycles. The topological polar surface area (TPSA) is 62.5 Å². The fourth-order valence-electron chi connectivity index (χ4n) is 2.71. The zero-order valence-corrected chi connectivity index (χ0v) is 19.1. The van der Waals surface area contributed by atoms with E-state index in [0.717, 1.165) is 36.3 Å². The van der Waals surface area contributed by atoms with Crippen LogP contribution in [0.3, 0.4) is 0 Å². The van der Waals surface area contributed by atoms with Crippen LogP contribution in [0.1, 0.15) is 36.8 Å². The minimum atomic E-state index is 0. The molecule has 0 bridgehead atoms. The molecule has 2 aromatic rings. The second kappa shape index (κ2) is 12.2. The van der Waals surface area contributed by atoms with E-state index in [1.165, 1.54) is 10.5 Å². The summed E-state index contributed by atoms with van der Waals surface area (Å²) in [5.74, 6) is 3.01. The van der Waals surface area contributed by atoms with Crippen LogP contribution in [0.5, 0.6) is 0 Å². The van der Waals surface area contributed by atoms with Crippen LogP contribution in [0.15, 0.2) is 44.7 Å². The fraction of sp³-hybridized carbons (Fsp3) is 0.474. The zero-order valence-electron chi connectivity index (χ0n) is 15.9. The van der Waals surface area contributed by atoms with Crippen LogP contribution in [0.2, 0.25) is 0 Å². The number of nitrogens with zero attached hydrogens (tertiary/aromatic N) is 2. The number of guanidine groups is 1. The normalized spacial score (nSPS) is 12.4. The average Bonchev–Trinajstić information content (AvgIpc) is 2.95. The van der Waals surface area contributed by atoms with E-state index in [1.807, 2.05) is 31.7 Å². The van der Waals surface area contributed by atoms with E-state index in [9.17, 15) is 0 Å². The average molecular weight is 488 g/mol. The Balaban J connectivity index is 0.00000338. The summed E-state index contributed by atoms with van der Waals surface area (Å²) < 4.78 is 5.26. The van der Waals surface area contributed by atoms with E-state index in [0.29, 0.717) is 6.54 Å². The summed E-state index contributed by atoms with van der Waals surface area (Å²) in [6, 6.07) is 10.4. The van der Waals surface area contributed by atoms with Crippen molar-refractivity contribution in [2.45, 2.75) is 38.5 Å². The maximum Gasteiger partial charge on any atom is 0.191 e. The lowest BCUT2D eigenvalue weighted by Crippen LogP contribution is -2.38. The number of nitrogens with one attached hydrogen (secondary N) is 2. The quantitative estimate of drug-likeness (QED) is 0.190. The molecule has 1 aromatic heterocycles. The number of hydrogen-bond acceptors (Lipinski definition) is 4. The van der Waals surface area contributed by atoms with Crippen molar-refractivity contribution >= 4 is 41.7 Å². The van der Waals surface area contributed by atoms with Crippen molar-refractivity contribution in [3.63, 3.8) is 0 Å². The van der Waals surface area contributed by atoms with Crippen molar-refractivity contribution in [3.05, 3.63) is 47.3 Å². The predicted molar refractivity (Wildman–Crippen MR) is 121 cm³/mol. The number of thioether (sulfide) groups is 1. The van der Waals surface area contributed by atoms with Crippen molar-refractivity contribution in [3.8, 4) is 0 Å². The van der Waals surface area contributed by atoms with E-state index in [-0.39, 0.29) is 29.9 Å². The molecule has 2 rings (SSSR count). The van der Waals surface area contributed by atoms with Gasteiger partial charge in [0, 0.05) is 41.8 Å². The highest BCUT2D eigenvalue weighted by molar-refractivity contribution is 14.0. The molecule has 0 saturated heterocycles. The Morgan fingerprint density at radius 3 is 2.58 bits per heavy atom. The maximum absolute atomic E-state index is 5.26. The molecule has 2 N–H and O–H groups in total. The molecule has 0 radical (unpaired) electrons. The number of rotatable bonds is 8. The van der Waals surface area contributed by atoms with Crippen LogP contribution in [-0.2, 0) is 0 Å². The van der Waals surface area contributed by atoms with Gasteiger partial charge in [0.05, 0.1) is 5.69 Å². The van der Waals surface area contributed by atoms with Gasteiger partial charge in [0.2, 0.25) is 0 Å². The monoisotopic (exact) mass is 488 g/mol. The first kappa shape index (κ1) is 22.8. The molecule has 0 spiro atoms. The molecular formula is C19H29IN4OS. The second-order valence-corrected chi connectivity index (χ2v) is 7.12. The Kier molecular flexibility index (Phi) is 10.7. The highest BCUT2D eigenvalue weighted by Crippen LogP contribution is 2.23. The smallest absolute Gasteiger partial charge is 0.191 e. The maximum atomic E-state index is 5.26. The second-order valence-electron chi connectivity index (χ2n) is 5.95. The van der Waals surface area contributed by atoms with Gasteiger partial charge in [-0.1, -0.05) is 30.3 Å². The lowest BCUT2D eigenvalue weighted by molar-refractivity contribution is 0.391. The molecule has 26 heavy (non-hydrogen) atoms. The first-order chi connectivity index (χ1) is 12.1. The molecule has 144 valence electrons. The molecule has 0 amide bonds. The van der Waals surface area contributed by atoms with Crippen LogP contribution in [0.4, 0.5) is 0 Å². The summed E-state index contributed by atoms with van der Waals surface area (Å²) in [6.07, 6.45) is 0. The highest BCUT2D eigenvalue weighted by Gasteiger charge is 2.16. The van der Waals surface area contributed by atoms with E-state index in [4.69, 9.17) is 9.52 Å². The summed E-state index contributed by atoms with van der Waals surface area (Å²) in [4.78, 5) is 6.00. The van der Waals surface area contributed by atoms with E-state index in [2.05, 4.69) is 53.9 Å². The highest BCUT2D eigenvalue weighted by atomic mass is 127. The number of hydrogen-bond donors (Lipinski definition) is 2. The number of aromatic nitrogens is 1. The molecular weight excluding hydrogens is 459 g/mol. The van der Waals surface area contributed by atoms with Crippen molar-refractivity contribution in [2.24, 2.45) is 4.99 Å². The van der Waals surface area contributed by atoms with Gasteiger partial charge >= 0.3 is 0 Å². The van der Waals surface area contributed by atoms with Gasteiger partial charge in [-0.2, -0.15) is 0 Å².